The second-order valence-corrected chi connectivity index (χ2v) is 4.91. The first-order valence-corrected chi connectivity index (χ1v) is 6.29. The van der Waals surface area contributed by atoms with E-state index in [9.17, 15) is 32.9 Å². The van der Waals surface area contributed by atoms with Crippen LogP contribution in [0.25, 0.3) is 0 Å². The van der Waals surface area contributed by atoms with Gasteiger partial charge >= 0.3 is 12.1 Å². The van der Waals surface area contributed by atoms with Crippen molar-refractivity contribution in [3.05, 3.63) is 39.4 Å². The van der Waals surface area contributed by atoms with Crippen molar-refractivity contribution in [2.45, 2.75) is 13.1 Å². The van der Waals surface area contributed by atoms with E-state index in [-0.39, 0.29) is 12.6 Å². The van der Waals surface area contributed by atoms with Crippen LogP contribution in [0, 0.1) is 16.0 Å². The molecule has 10 heteroatoms. The van der Waals surface area contributed by atoms with Crippen molar-refractivity contribution in [3.63, 3.8) is 0 Å². The lowest BCUT2D eigenvalue weighted by molar-refractivity contribution is -0.385. The number of alkyl halides is 3. The summed E-state index contributed by atoms with van der Waals surface area (Å²) in [5, 5.41) is 19.7. The number of aliphatic carboxylic acids is 1. The van der Waals surface area contributed by atoms with Gasteiger partial charge in [-0.05, 0) is 12.1 Å². The molecule has 23 heavy (non-hydrogen) atoms. The molecule has 0 radical (unpaired) electrons. The Balaban J connectivity index is 3.18. The van der Waals surface area contributed by atoms with E-state index in [0.717, 1.165) is 4.90 Å². The van der Waals surface area contributed by atoms with E-state index in [1.54, 1.807) is 0 Å². The molecule has 0 aromatic heterocycles. The molecule has 0 aliphatic heterocycles. The molecule has 0 bridgehead atoms. The van der Waals surface area contributed by atoms with Gasteiger partial charge in [0.25, 0.3) is 11.6 Å². The number of nitro benzene ring substituents is 1. The van der Waals surface area contributed by atoms with Crippen LogP contribution in [0.4, 0.5) is 18.9 Å². The number of carbonyl (C=O) groups excluding carboxylic acids is 1. The Bertz CT molecular complexity index is 645. The van der Waals surface area contributed by atoms with Gasteiger partial charge in [0, 0.05) is 19.7 Å². The summed E-state index contributed by atoms with van der Waals surface area (Å²) in [7, 11) is 1.21. The van der Waals surface area contributed by atoms with Gasteiger partial charge in [-0.2, -0.15) is 13.2 Å². The van der Waals surface area contributed by atoms with Crippen LogP contribution in [0.15, 0.2) is 18.2 Å². The molecule has 1 atom stereocenters. The second-order valence-electron chi connectivity index (χ2n) is 4.91. The summed E-state index contributed by atoms with van der Waals surface area (Å²) in [6.07, 6.45) is -4.78. The topological polar surface area (TPSA) is 101 Å². The van der Waals surface area contributed by atoms with E-state index in [2.05, 4.69) is 0 Å². The van der Waals surface area contributed by atoms with Crippen LogP contribution in [0.2, 0.25) is 0 Å². The van der Waals surface area contributed by atoms with Crippen LogP contribution in [0.3, 0.4) is 0 Å². The Labute approximate surface area is 128 Å². The molecule has 1 N–H and O–H groups in total. The average molecular weight is 334 g/mol. The first kappa shape index (κ1) is 18.4. The summed E-state index contributed by atoms with van der Waals surface area (Å²) in [5.41, 5.74) is -2.77. The third-order valence-electron chi connectivity index (χ3n) is 3.07. The number of rotatable bonds is 5. The zero-order valence-electron chi connectivity index (χ0n) is 12.1. The molecule has 0 aliphatic rings. The fourth-order valence-corrected chi connectivity index (χ4v) is 1.82. The number of nitro groups is 1. The van der Waals surface area contributed by atoms with Crippen molar-refractivity contribution in [1.29, 1.82) is 0 Å². The summed E-state index contributed by atoms with van der Waals surface area (Å²) in [4.78, 5) is 33.6. The summed E-state index contributed by atoms with van der Waals surface area (Å²) in [5.74, 6) is -3.04. The number of nitrogens with zero attached hydrogens (tertiary/aromatic N) is 2. The number of carboxylic acids is 1. The maximum Gasteiger partial charge on any atom is 0.416 e. The number of amides is 1. The van der Waals surface area contributed by atoms with Crippen molar-refractivity contribution < 1.29 is 32.8 Å². The van der Waals surface area contributed by atoms with Gasteiger partial charge in [0.1, 0.15) is 5.56 Å². The van der Waals surface area contributed by atoms with Crippen molar-refractivity contribution in [3.8, 4) is 0 Å². The fraction of sp³-hybridized carbons (Fsp3) is 0.385. The van der Waals surface area contributed by atoms with E-state index >= 15 is 0 Å². The lowest BCUT2D eigenvalue weighted by Crippen LogP contribution is -2.34. The van der Waals surface area contributed by atoms with Gasteiger partial charge in [-0.25, -0.2) is 0 Å². The van der Waals surface area contributed by atoms with Gasteiger partial charge in [0.15, 0.2) is 0 Å². The monoisotopic (exact) mass is 334 g/mol. The van der Waals surface area contributed by atoms with Crippen LogP contribution in [0.5, 0.6) is 0 Å². The SMILES string of the molecule is CC(CN(C)C(=O)c1ccc(C(F)(F)F)cc1[N+](=O)[O-])C(=O)O. The highest BCUT2D eigenvalue weighted by molar-refractivity contribution is 5.98. The lowest BCUT2D eigenvalue weighted by Gasteiger charge is -2.19. The van der Waals surface area contributed by atoms with Gasteiger partial charge in [-0.3, -0.25) is 19.7 Å². The zero-order chi connectivity index (χ0) is 17.9. The summed E-state index contributed by atoms with van der Waals surface area (Å²) < 4.78 is 37.8. The number of benzene rings is 1. The maximum atomic E-state index is 12.6. The van der Waals surface area contributed by atoms with E-state index in [4.69, 9.17) is 5.11 Å². The molecular weight excluding hydrogens is 321 g/mol. The van der Waals surface area contributed by atoms with Crippen LogP contribution in [-0.4, -0.2) is 40.4 Å². The normalized spacial score (nSPS) is 12.6. The summed E-state index contributed by atoms with van der Waals surface area (Å²) >= 11 is 0. The van der Waals surface area contributed by atoms with Crippen molar-refractivity contribution >= 4 is 17.6 Å². The minimum atomic E-state index is -4.78. The predicted molar refractivity (Wildman–Crippen MR) is 71.9 cm³/mol. The molecule has 1 rings (SSSR count). The number of halogens is 3. The zero-order valence-corrected chi connectivity index (χ0v) is 12.1. The number of hydrogen-bond acceptors (Lipinski definition) is 4. The maximum absolute atomic E-state index is 12.6. The summed E-state index contributed by atoms with van der Waals surface area (Å²) in [6, 6.07) is 1.56. The number of carbonyl (C=O) groups is 2. The average Bonchev–Trinajstić information content (AvgIpc) is 2.44. The molecule has 0 saturated heterocycles. The third kappa shape index (κ3) is 4.41. The van der Waals surface area contributed by atoms with E-state index < -0.39 is 45.7 Å². The smallest absolute Gasteiger partial charge is 0.416 e. The van der Waals surface area contributed by atoms with Crippen LogP contribution >= 0.6 is 0 Å². The standard InChI is InChI=1S/C13H13F3N2O5/c1-7(12(20)21)6-17(2)11(19)9-4-3-8(13(14,15)16)5-10(9)18(22)23/h3-5,7H,6H2,1-2H3,(H,20,21). The predicted octanol–water partition coefficient (Wildman–Crippen LogP) is 2.41. The Hall–Kier alpha value is -2.65. The molecule has 1 amide bonds. The van der Waals surface area contributed by atoms with Gasteiger partial charge in [-0.15, -0.1) is 0 Å². The summed E-state index contributed by atoms with van der Waals surface area (Å²) in [6.45, 7) is 1.08. The van der Waals surface area contributed by atoms with Gasteiger partial charge in [0.05, 0.1) is 16.4 Å². The lowest BCUT2D eigenvalue weighted by atomic mass is 10.1. The number of hydrogen-bond donors (Lipinski definition) is 1. The van der Waals surface area contributed by atoms with Crippen molar-refractivity contribution in [2.24, 2.45) is 5.92 Å². The van der Waals surface area contributed by atoms with Gasteiger partial charge in [-0.1, -0.05) is 6.92 Å². The molecule has 0 saturated carbocycles. The van der Waals surface area contributed by atoms with Gasteiger partial charge in [0.2, 0.25) is 0 Å². The van der Waals surface area contributed by atoms with E-state index in [0.29, 0.717) is 12.1 Å². The third-order valence-corrected chi connectivity index (χ3v) is 3.07. The highest BCUT2D eigenvalue weighted by Gasteiger charge is 2.34. The highest BCUT2D eigenvalue weighted by atomic mass is 19.4. The molecule has 1 aromatic carbocycles. The Kier molecular flexibility index (Phi) is 5.30. The minimum absolute atomic E-state index is 0.244. The van der Waals surface area contributed by atoms with Crippen molar-refractivity contribution in [1.82, 2.24) is 4.90 Å². The molecule has 126 valence electrons. The van der Waals surface area contributed by atoms with Gasteiger partial charge < -0.3 is 10.0 Å². The molecule has 7 nitrogen and oxygen atoms in total. The molecule has 0 heterocycles. The van der Waals surface area contributed by atoms with E-state index in [1.165, 1.54) is 14.0 Å². The van der Waals surface area contributed by atoms with Crippen LogP contribution in [-0.2, 0) is 11.0 Å². The van der Waals surface area contributed by atoms with E-state index in [1.807, 2.05) is 0 Å². The van der Waals surface area contributed by atoms with Crippen LogP contribution < -0.4 is 0 Å². The second kappa shape index (κ2) is 6.63. The molecule has 1 unspecified atom stereocenters. The molecule has 0 fully saturated rings. The van der Waals surface area contributed by atoms with Crippen LogP contribution in [0.1, 0.15) is 22.8 Å². The quantitative estimate of drug-likeness (QED) is 0.658. The Morgan fingerprint density at radius 2 is 1.96 bits per heavy atom. The molecular formula is C13H13F3N2O5. The largest absolute Gasteiger partial charge is 0.481 e. The highest BCUT2D eigenvalue weighted by Crippen LogP contribution is 2.33. The minimum Gasteiger partial charge on any atom is -0.481 e. The first-order valence-electron chi connectivity index (χ1n) is 6.29. The Morgan fingerprint density at radius 3 is 2.39 bits per heavy atom. The molecule has 0 spiro atoms. The first-order chi connectivity index (χ1) is 10.4. The molecule has 1 aromatic rings. The molecule has 0 aliphatic carbocycles. The Morgan fingerprint density at radius 1 is 1.39 bits per heavy atom. The number of carboxylic acid groups (broad SMARTS) is 1. The fourth-order valence-electron chi connectivity index (χ4n) is 1.82. The van der Waals surface area contributed by atoms with Crippen molar-refractivity contribution in [2.75, 3.05) is 13.6 Å².